The third-order valence-electron chi connectivity index (χ3n) is 3.40. The first-order valence-electron chi connectivity index (χ1n) is 5.80. The average Bonchev–Trinajstić information content (AvgIpc) is 2.50. The summed E-state index contributed by atoms with van der Waals surface area (Å²) in [5, 5.41) is 0. The van der Waals surface area contributed by atoms with Crippen molar-refractivity contribution in [2.45, 2.75) is 24.2 Å². The highest BCUT2D eigenvalue weighted by Gasteiger charge is 2.43. The molecule has 0 spiro atoms. The molecule has 102 valence electrons. The predicted molar refractivity (Wildman–Crippen MR) is 71.0 cm³/mol. The van der Waals surface area contributed by atoms with Crippen molar-refractivity contribution < 1.29 is 18.0 Å². The highest BCUT2D eigenvalue weighted by atomic mass is 32.2. The zero-order valence-electron chi connectivity index (χ0n) is 11.0. The Hall–Kier alpha value is -1.69. The molecule has 2 rings (SSSR count). The van der Waals surface area contributed by atoms with E-state index in [4.69, 9.17) is 0 Å². The second-order valence-corrected chi connectivity index (χ2v) is 7.17. The summed E-state index contributed by atoms with van der Waals surface area (Å²) in [6.07, 6.45) is 1.79. The number of carbonyl (C=O) groups excluding carboxylic acids is 2. The molecule has 1 heterocycles. The monoisotopic (exact) mass is 281 g/mol. The summed E-state index contributed by atoms with van der Waals surface area (Å²) in [6.45, 7) is 3.43. The largest absolute Gasteiger partial charge is 0.304 e. The van der Waals surface area contributed by atoms with Gasteiger partial charge in [0.25, 0.3) is 0 Å². The summed E-state index contributed by atoms with van der Waals surface area (Å²) in [5.74, 6) is -0.194. The van der Waals surface area contributed by atoms with Crippen LogP contribution in [0.2, 0.25) is 0 Å². The van der Waals surface area contributed by atoms with Crippen molar-refractivity contribution in [1.29, 1.82) is 0 Å². The van der Waals surface area contributed by atoms with Crippen molar-refractivity contribution in [3.63, 3.8) is 0 Å². The van der Waals surface area contributed by atoms with Gasteiger partial charge < -0.3 is 9.69 Å². The Balaban J connectivity index is 2.66. The molecule has 0 bridgehead atoms. The number of rotatable bonds is 3. The highest BCUT2D eigenvalue weighted by molar-refractivity contribution is 7.90. The van der Waals surface area contributed by atoms with Crippen LogP contribution in [0.5, 0.6) is 0 Å². The normalized spacial score (nSPS) is 17.4. The van der Waals surface area contributed by atoms with E-state index in [1.807, 2.05) is 0 Å². The van der Waals surface area contributed by atoms with E-state index in [0.717, 1.165) is 6.26 Å². The first-order valence-corrected chi connectivity index (χ1v) is 7.69. The molecule has 1 aliphatic rings. The van der Waals surface area contributed by atoms with Gasteiger partial charge in [0.05, 0.1) is 16.9 Å². The predicted octanol–water partition coefficient (Wildman–Crippen LogP) is 0.913. The van der Waals surface area contributed by atoms with E-state index < -0.39 is 15.3 Å². The topological polar surface area (TPSA) is 71.5 Å². The molecule has 0 saturated carbocycles. The fraction of sp³-hybridized carbons (Fsp3) is 0.385. The van der Waals surface area contributed by atoms with Crippen molar-refractivity contribution in [1.82, 2.24) is 0 Å². The van der Waals surface area contributed by atoms with Crippen LogP contribution in [0.25, 0.3) is 0 Å². The maximum absolute atomic E-state index is 12.3. The van der Waals surface area contributed by atoms with E-state index in [0.29, 0.717) is 17.5 Å². The summed E-state index contributed by atoms with van der Waals surface area (Å²) in [4.78, 5) is 24.5. The summed E-state index contributed by atoms with van der Waals surface area (Å²) < 4.78 is 23.2. The summed E-state index contributed by atoms with van der Waals surface area (Å²) >= 11 is 0. The minimum absolute atomic E-state index is 0.0204. The van der Waals surface area contributed by atoms with Crippen LogP contribution in [-0.4, -0.2) is 33.4 Å². The van der Waals surface area contributed by atoms with Gasteiger partial charge in [0, 0.05) is 11.9 Å². The molecule has 0 atom stereocenters. The molecule has 5 nitrogen and oxygen atoms in total. The molecular formula is C13H15NO4S. The lowest BCUT2D eigenvalue weighted by atomic mass is 9.86. The first kappa shape index (κ1) is 13.7. The average molecular weight is 281 g/mol. The Bertz CT molecular complexity index is 661. The number of fused-ring (bicyclic) bond motifs is 1. The zero-order chi connectivity index (χ0) is 14.4. The van der Waals surface area contributed by atoms with Crippen LogP contribution in [0.15, 0.2) is 23.1 Å². The molecular weight excluding hydrogens is 266 g/mol. The van der Waals surface area contributed by atoms with Gasteiger partial charge in [0.1, 0.15) is 6.29 Å². The molecule has 1 aromatic carbocycles. The van der Waals surface area contributed by atoms with E-state index in [1.165, 1.54) is 17.0 Å². The highest BCUT2D eigenvalue weighted by Crippen LogP contribution is 2.42. The first-order chi connectivity index (χ1) is 8.69. The van der Waals surface area contributed by atoms with Crippen LogP contribution in [0, 0.1) is 0 Å². The molecule has 6 heteroatoms. The Morgan fingerprint density at radius 1 is 1.32 bits per heavy atom. The van der Waals surface area contributed by atoms with Gasteiger partial charge in [-0.2, -0.15) is 0 Å². The third-order valence-corrected chi connectivity index (χ3v) is 4.51. The number of benzene rings is 1. The van der Waals surface area contributed by atoms with Crippen LogP contribution >= 0.6 is 0 Å². The van der Waals surface area contributed by atoms with Crippen LogP contribution in [0.3, 0.4) is 0 Å². The van der Waals surface area contributed by atoms with Crippen LogP contribution < -0.4 is 4.90 Å². The number of aldehydes is 1. The Morgan fingerprint density at radius 3 is 2.47 bits per heavy atom. The lowest BCUT2D eigenvalue weighted by Crippen LogP contribution is -2.37. The molecule has 1 aromatic rings. The zero-order valence-corrected chi connectivity index (χ0v) is 11.8. The molecule has 0 aromatic heterocycles. The molecule has 0 unspecified atom stereocenters. The molecule has 1 aliphatic heterocycles. The van der Waals surface area contributed by atoms with Crippen molar-refractivity contribution in [2.24, 2.45) is 0 Å². The fourth-order valence-electron chi connectivity index (χ4n) is 2.30. The van der Waals surface area contributed by atoms with Crippen LogP contribution in [-0.2, 0) is 24.8 Å². The van der Waals surface area contributed by atoms with Crippen molar-refractivity contribution in [3.8, 4) is 0 Å². The van der Waals surface area contributed by atoms with Gasteiger partial charge in [-0.3, -0.25) is 4.79 Å². The van der Waals surface area contributed by atoms with Gasteiger partial charge in [0.2, 0.25) is 5.91 Å². The lowest BCUT2D eigenvalue weighted by Gasteiger charge is -2.18. The SMILES string of the molecule is CC1(C)C(=O)N(CC=O)c2ccc(S(C)(=O)=O)cc21. The van der Waals surface area contributed by atoms with E-state index in [9.17, 15) is 18.0 Å². The molecule has 0 radical (unpaired) electrons. The minimum atomic E-state index is -3.32. The number of amides is 1. The Morgan fingerprint density at radius 2 is 1.95 bits per heavy atom. The maximum atomic E-state index is 12.3. The molecule has 19 heavy (non-hydrogen) atoms. The minimum Gasteiger partial charge on any atom is -0.304 e. The number of hydrogen-bond acceptors (Lipinski definition) is 4. The summed E-state index contributed by atoms with van der Waals surface area (Å²) in [5.41, 5.74) is 0.427. The maximum Gasteiger partial charge on any atom is 0.237 e. The summed E-state index contributed by atoms with van der Waals surface area (Å²) in [6, 6.07) is 4.57. The summed E-state index contributed by atoms with van der Waals surface area (Å²) in [7, 11) is -3.32. The van der Waals surface area contributed by atoms with Gasteiger partial charge in [-0.25, -0.2) is 8.42 Å². The van der Waals surface area contributed by atoms with Gasteiger partial charge in [-0.1, -0.05) is 0 Å². The fourth-order valence-corrected chi connectivity index (χ4v) is 2.95. The van der Waals surface area contributed by atoms with Gasteiger partial charge >= 0.3 is 0 Å². The van der Waals surface area contributed by atoms with Gasteiger partial charge in [-0.15, -0.1) is 0 Å². The van der Waals surface area contributed by atoms with E-state index in [2.05, 4.69) is 0 Å². The van der Waals surface area contributed by atoms with Gasteiger partial charge in [0.15, 0.2) is 9.84 Å². The van der Waals surface area contributed by atoms with E-state index in [1.54, 1.807) is 19.9 Å². The van der Waals surface area contributed by atoms with E-state index >= 15 is 0 Å². The van der Waals surface area contributed by atoms with Crippen molar-refractivity contribution in [2.75, 3.05) is 17.7 Å². The second-order valence-electron chi connectivity index (χ2n) is 5.16. The Kier molecular flexibility index (Phi) is 3.01. The molecule has 0 aliphatic carbocycles. The van der Waals surface area contributed by atoms with Crippen LogP contribution in [0.1, 0.15) is 19.4 Å². The van der Waals surface area contributed by atoms with E-state index in [-0.39, 0.29) is 17.3 Å². The number of hydrogen-bond donors (Lipinski definition) is 0. The number of nitrogens with zero attached hydrogens (tertiary/aromatic N) is 1. The quantitative estimate of drug-likeness (QED) is 0.772. The number of carbonyl (C=O) groups is 2. The third kappa shape index (κ3) is 2.06. The van der Waals surface area contributed by atoms with Crippen molar-refractivity contribution >= 4 is 27.7 Å². The lowest BCUT2D eigenvalue weighted by molar-refractivity contribution is -0.123. The molecule has 0 N–H and O–H groups in total. The molecule has 1 amide bonds. The Labute approximate surface area is 112 Å². The standard InChI is InChI=1S/C13H15NO4S/c1-13(2)10-8-9(19(3,17)18)4-5-11(10)14(6-7-15)12(13)16/h4-5,7-8H,6H2,1-3H3. The number of anilines is 1. The van der Waals surface area contributed by atoms with Crippen molar-refractivity contribution in [3.05, 3.63) is 23.8 Å². The second kappa shape index (κ2) is 4.16. The smallest absolute Gasteiger partial charge is 0.237 e. The molecule has 0 saturated heterocycles. The van der Waals surface area contributed by atoms with Crippen LogP contribution in [0.4, 0.5) is 5.69 Å². The molecule has 0 fully saturated rings. The number of sulfone groups is 1. The van der Waals surface area contributed by atoms with Gasteiger partial charge in [-0.05, 0) is 37.6 Å².